The number of thiazole rings is 1. The third-order valence-electron chi connectivity index (χ3n) is 2.58. The quantitative estimate of drug-likeness (QED) is 0.853. The monoisotopic (exact) mass is 296 g/mol. The zero-order valence-electron chi connectivity index (χ0n) is 8.38. The van der Waals surface area contributed by atoms with Crippen LogP contribution in [0, 0.1) is 0 Å². The highest BCUT2D eigenvalue weighted by Crippen LogP contribution is 2.30. The minimum Gasteiger partial charge on any atom is -0.346 e. The van der Waals surface area contributed by atoms with Gasteiger partial charge in [0.25, 0.3) is 0 Å². The highest BCUT2D eigenvalue weighted by molar-refractivity contribution is 9.10. The fourth-order valence-electron chi connectivity index (χ4n) is 1.70. The van der Waals surface area contributed by atoms with E-state index in [-0.39, 0.29) is 0 Å². The molecule has 1 fully saturated rings. The van der Waals surface area contributed by atoms with E-state index in [1.165, 1.54) is 0 Å². The van der Waals surface area contributed by atoms with Gasteiger partial charge in [-0.3, -0.25) is 0 Å². The summed E-state index contributed by atoms with van der Waals surface area (Å²) in [5.74, 6) is 1.37. The van der Waals surface area contributed by atoms with Gasteiger partial charge in [0.1, 0.15) is 5.82 Å². The molecule has 0 bridgehead atoms. The Morgan fingerprint density at radius 2 is 2.00 bits per heavy atom. The highest BCUT2D eigenvalue weighted by Gasteiger charge is 2.31. The van der Waals surface area contributed by atoms with Crippen molar-refractivity contribution in [2.45, 2.75) is 5.92 Å². The average Bonchev–Trinajstić information content (AvgIpc) is 2.72. The third kappa shape index (κ3) is 1.82. The van der Waals surface area contributed by atoms with Crippen LogP contribution in [0.4, 0.5) is 5.13 Å². The summed E-state index contributed by atoms with van der Waals surface area (Å²) in [6.07, 6.45) is 5.44. The number of rotatable bonds is 2. The summed E-state index contributed by atoms with van der Waals surface area (Å²) in [6.45, 7) is 1.93. The molecule has 1 aliphatic rings. The number of halogens is 1. The van der Waals surface area contributed by atoms with Crippen LogP contribution in [0.5, 0.6) is 0 Å². The van der Waals surface area contributed by atoms with Crippen molar-refractivity contribution in [2.75, 3.05) is 18.0 Å². The van der Waals surface area contributed by atoms with Crippen LogP contribution < -0.4 is 4.90 Å². The standard InChI is InChI=1S/C10H9BrN4S/c11-8-3-13-9(14-4-8)7-5-15(6-7)10-12-1-2-16-10/h1-4,7H,5-6H2. The van der Waals surface area contributed by atoms with Gasteiger partial charge in [-0.15, -0.1) is 11.3 Å². The minimum absolute atomic E-state index is 0.442. The molecule has 82 valence electrons. The maximum atomic E-state index is 4.31. The van der Waals surface area contributed by atoms with Crippen LogP contribution in [-0.2, 0) is 0 Å². The van der Waals surface area contributed by atoms with Crippen LogP contribution >= 0.6 is 27.3 Å². The van der Waals surface area contributed by atoms with Crippen molar-refractivity contribution in [3.8, 4) is 0 Å². The fraction of sp³-hybridized carbons (Fsp3) is 0.300. The molecule has 2 aromatic heterocycles. The van der Waals surface area contributed by atoms with E-state index < -0.39 is 0 Å². The second-order valence-corrected chi connectivity index (χ2v) is 5.46. The second kappa shape index (κ2) is 4.10. The number of aromatic nitrogens is 3. The van der Waals surface area contributed by atoms with Gasteiger partial charge in [-0.2, -0.15) is 0 Å². The van der Waals surface area contributed by atoms with Gasteiger partial charge in [-0.1, -0.05) is 0 Å². The predicted octanol–water partition coefficient (Wildman–Crippen LogP) is 2.30. The molecule has 6 heteroatoms. The number of hydrogen-bond acceptors (Lipinski definition) is 5. The Morgan fingerprint density at radius 1 is 1.25 bits per heavy atom. The molecule has 1 saturated heterocycles. The summed E-state index contributed by atoms with van der Waals surface area (Å²) in [7, 11) is 0. The summed E-state index contributed by atoms with van der Waals surface area (Å²) < 4.78 is 0.923. The molecule has 0 saturated carbocycles. The van der Waals surface area contributed by atoms with Gasteiger partial charge < -0.3 is 4.90 Å². The van der Waals surface area contributed by atoms with Crippen molar-refractivity contribution in [2.24, 2.45) is 0 Å². The Morgan fingerprint density at radius 3 is 2.62 bits per heavy atom. The van der Waals surface area contributed by atoms with Crippen molar-refractivity contribution in [1.29, 1.82) is 0 Å². The maximum Gasteiger partial charge on any atom is 0.185 e. The van der Waals surface area contributed by atoms with E-state index in [2.05, 4.69) is 35.8 Å². The van der Waals surface area contributed by atoms with Crippen LogP contribution in [0.25, 0.3) is 0 Å². The van der Waals surface area contributed by atoms with Crippen molar-refractivity contribution < 1.29 is 0 Å². The molecule has 3 heterocycles. The summed E-state index contributed by atoms with van der Waals surface area (Å²) in [5, 5.41) is 3.09. The SMILES string of the molecule is Brc1cnc(C2CN(c3nccs3)C2)nc1. The van der Waals surface area contributed by atoms with E-state index in [0.717, 1.165) is 28.5 Å². The van der Waals surface area contributed by atoms with Crippen LogP contribution in [0.1, 0.15) is 11.7 Å². The Bertz CT molecular complexity index is 464. The van der Waals surface area contributed by atoms with Gasteiger partial charge in [0.05, 0.1) is 10.4 Å². The Balaban J connectivity index is 1.67. The van der Waals surface area contributed by atoms with Crippen molar-refractivity contribution in [3.05, 3.63) is 34.3 Å². The largest absolute Gasteiger partial charge is 0.346 e. The lowest BCUT2D eigenvalue weighted by Crippen LogP contribution is -2.45. The van der Waals surface area contributed by atoms with Crippen molar-refractivity contribution in [3.63, 3.8) is 0 Å². The van der Waals surface area contributed by atoms with E-state index in [1.807, 2.05) is 11.6 Å². The Hall–Kier alpha value is -1.01. The molecule has 0 aliphatic carbocycles. The van der Waals surface area contributed by atoms with Gasteiger partial charge in [0, 0.05) is 37.1 Å². The van der Waals surface area contributed by atoms with Gasteiger partial charge in [-0.05, 0) is 15.9 Å². The molecule has 2 aromatic rings. The molecule has 0 amide bonds. The molecule has 0 radical (unpaired) electrons. The number of anilines is 1. The molecule has 3 rings (SSSR count). The zero-order valence-corrected chi connectivity index (χ0v) is 10.8. The Labute approximate surface area is 106 Å². The second-order valence-electron chi connectivity index (χ2n) is 3.68. The first-order chi connectivity index (χ1) is 7.83. The van der Waals surface area contributed by atoms with E-state index in [0.29, 0.717) is 5.92 Å². The third-order valence-corrected chi connectivity index (χ3v) is 3.82. The molecule has 0 unspecified atom stereocenters. The molecule has 4 nitrogen and oxygen atoms in total. The highest BCUT2D eigenvalue weighted by atomic mass is 79.9. The van der Waals surface area contributed by atoms with Gasteiger partial charge in [0.2, 0.25) is 0 Å². The Kier molecular flexibility index (Phi) is 2.61. The van der Waals surface area contributed by atoms with Crippen LogP contribution in [0.2, 0.25) is 0 Å². The van der Waals surface area contributed by atoms with Gasteiger partial charge >= 0.3 is 0 Å². The van der Waals surface area contributed by atoms with Crippen molar-refractivity contribution in [1.82, 2.24) is 15.0 Å². The normalized spacial score (nSPS) is 16.2. The first kappa shape index (κ1) is 10.2. The van der Waals surface area contributed by atoms with Gasteiger partial charge in [0.15, 0.2) is 5.13 Å². The molecule has 0 atom stereocenters. The number of hydrogen-bond donors (Lipinski definition) is 0. The molecular weight excluding hydrogens is 288 g/mol. The lowest BCUT2D eigenvalue weighted by molar-refractivity contribution is 0.499. The lowest BCUT2D eigenvalue weighted by Gasteiger charge is -2.37. The fourth-order valence-corrected chi connectivity index (χ4v) is 2.57. The molecule has 0 aromatic carbocycles. The summed E-state index contributed by atoms with van der Waals surface area (Å²) in [6, 6.07) is 0. The first-order valence-corrected chi connectivity index (χ1v) is 6.62. The zero-order chi connectivity index (χ0) is 11.0. The molecule has 0 spiro atoms. The van der Waals surface area contributed by atoms with Crippen LogP contribution in [0.15, 0.2) is 28.4 Å². The van der Waals surface area contributed by atoms with Crippen LogP contribution in [0.3, 0.4) is 0 Å². The smallest absolute Gasteiger partial charge is 0.185 e. The molecule has 16 heavy (non-hydrogen) atoms. The minimum atomic E-state index is 0.442. The summed E-state index contributed by atoms with van der Waals surface area (Å²) in [4.78, 5) is 15.2. The summed E-state index contributed by atoms with van der Waals surface area (Å²) in [5.41, 5.74) is 0. The van der Waals surface area contributed by atoms with E-state index in [9.17, 15) is 0 Å². The predicted molar refractivity (Wildman–Crippen MR) is 66.8 cm³/mol. The first-order valence-electron chi connectivity index (χ1n) is 4.95. The maximum absolute atomic E-state index is 4.31. The van der Waals surface area contributed by atoms with Crippen molar-refractivity contribution >= 4 is 32.4 Å². The average molecular weight is 297 g/mol. The topological polar surface area (TPSA) is 41.9 Å². The van der Waals surface area contributed by atoms with Gasteiger partial charge in [-0.25, -0.2) is 15.0 Å². The molecule has 0 N–H and O–H groups in total. The van der Waals surface area contributed by atoms with E-state index >= 15 is 0 Å². The molecular formula is C10H9BrN4S. The van der Waals surface area contributed by atoms with E-state index in [1.54, 1.807) is 23.7 Å². The van der Waals surface area contributed by atoms with Crippen LogP contribution in [-0.4, -0.2) is 28.0 Å². The summed E-state index contributed by atoms with van der Waals surface area (Å²) >= 11 is 5.01. The molecule has 1 aliphatic heterocycles. The lowest BCUT2D eigenvalue weighted by atomic mass is 10.0. The number of nitrogens with zero attached hydrogens (tertiary/aromatic N) is 4. The van der Waals surface area contributed by atoms with E-state index in [4.69, 9.17) is 0 Å².